The summed E-state index contributed by atoms with van der Waals surface area (Å²) in [7, 11) is 0. The molecule has 1 amide bonds. The highest BCUT2D eigenvalue weighted by Gasteiger charge is 2.27. The van der Waals surface area contributed by atoms with Crippen molar-refractivity contribution in [2.24, 2.45) is 0 Å². The molecule has 0 aliphatic rings. The molecule has 0 saturated heterocycles. The molecule has 0 N–H and O–H groups in total. The average Bonchev–Trinajstić information content (AvgIpc) is 2.84. The van der Waals surface area contributed by atoms with E-state index >= 15 is 0 Å². The number of aryl methyl sites for hydroxylation is 1. The molecule has 0 saturated carbocycles. The molecule has 3 aromatic carbocycles. The van der Waals surface area contributed by atoms with Crippen molar-refractivity contribution in [3.63, 3.8) is 0 Å². The Labute approximate surface area is 206 Å². The van der Waals surface area contributed by atoms with Crippen LogP contribution in [0.3, 0.4) is 0 Å². The van der Waals surface area contributed by atoms with E-state index in [1.807, 2.05) is 31.2 Å². The highest BCUT2D eigenvalue weighted by molar-refractivity contribution is 6.31. The van der Waals surface area contributed by atoms with Crippen molar-refractivity contribution < 1.29 is 9.72 Å². The van der Waals surface area contributed by atoms with Gasteiger partial charge in [0.1, 0.15) is 5.82 Å². The van der Waals surface area contributed by atoms with E-state index in [4.69, 9.17) is 16.6 Å². The maximum atomic E-state index is 13.6. The first-order chi connectivity index (χ1) is 16.7. The zero-order valence-electron chi connectivity index (χ0n) is 19.4. The first-order valence-electron chi connectivity index (χ1n) is 11.1. The zero-order valence-corrected chi connectivity index (χ0v) is 20.2. The standard InChI is InChI=1S/C26H23ClN4O4/c1-4-29(25(32)18-6-5-7-21(14-18)31(34)35)17(3)24-28-23-15-19(27)10-13-22(23)26(33)30(24)20-11-8-16(2)9-12-20/h5-15,17H,4H2,1-3H3. The van der Waals surface area contributed by atoms with Gasteiger partial charge in [0.05, 0.1) is 27.6 Å². The second-order valence-electron chi connectivity index (χ2n) is 8.18. The molecule has 0 bridgehead atoms. The summed E-state index contributed by atoms with van der Waals surface area (Å²) in [4.78, 5) is 44.0. The van der Waals surface area contributed by atoms with Gasteiger partial charge in [-0.05, 0) is 57.2 Å². The second kappa shape index (κ2) is 9.68. The number of carbonyl (C=O) groups is 1. The first-order valence-corrected chi connectivity index (χ1v) is 11.4. The van der Waals surface area contributed by atoms with Crippen LogP contribution in [0, 0.1) is 17.0 Å². The van der Waals surface area contributed by atoms with E-state index in [1.54, 1.807) is 32.0 Å². The molecule has 0 fully saturated rings. The fraction of sp³-hybridized carbons (Fsp3) is 0.192. The van der Waals surface area contributed by atoms with E-state index in [0.717, 1.165) is 5.56 Å². The lowest BCUT2D eigenvalue weighted by atomic mass is 10.1. The Bertz CT molecular complexity index is 1500. The highest BCUT2D eigenvalue weighted by atomic mass is 35.5. The molecule has 0 spiro atoms. The van der Waals surface area contributed by atoms with Crippen molar-refractivity contribution in [3.8, 4) is 5.69 Å². The number of aromatic nitrogens is 2. The summed E-state index contributed by atoms with van der Waals surface area (Å²) in [6.07, 6.45) is 0. The lowest BCUT2D eigenvalue weighted by Crippen LogP contribution is -2.37. The summed E-state index contributed by atoms with van der Waals surface area (Å²) in [6, 6.07) is 17.3. The minimum Gasteiger partial charge on any atom is -0.329 e. The molecule has 1 heterocycles. The Morgan fingerprint density at radius 2 is 1.86 bits per heavy atom. The van der Waals surface area contributed by atoms with Crippen molar-refractivity contribution in [1.82, 2.24) is 14.5 Å². The smallest absolute Gasteiger partial charge is 0.270 e. The molecule has 0 aliphatic carbocycles. The summed E-state index contributed by atoms with van der Waals surface area (Å²) in [5, 5.41) is 12.0. The molecular formula is C26H23ClN4O4. The van der Waals surface area contributed by atoms with E-state index in [9.17, 15) is 19.7 Å². The number of nitro groups is 1. The third kappa shape index (κ3) is 4.65. The minimum absolute atomic E-state index is 0.172. The van der Waals surface area contributed by atoms with Crippen LogP contribution < -0.4 is 5.56 Å². The monoisotopic (exact) mass is 490 g/mol. The molecule has 0 radical (unpaired) electrons. The molecule has 9 heteroatoms. The number of hydrogen-bond donors (Lipinski definition) is 0. The van der Waals surface area contributed by atoms with Crippen LogP contribution in [0.15, 0.2) is 71.5 Å². The third-order valence-corrected chi connectivity index (χ3v) is 6.13. The molecule has 4 rings (SSSR count). The fourth-order valence-electron chi connectivity index (χ4n) is 4.05. The predicted octanol–water partition coefficient (Wildman–Crippen LogP) is 5.48. The number of nitrogens with zero attached hydrogens (tertiary/aromatic N) is 4. The lowest BCUT2D eigenvalue weighted by Gasteiger charge is -2.29. The minimum atomic E-state index is -0.635. The van der Waals surface area contributed by atoms with E-state index in [-0.39, 0.29) is 16.8 Å². The van der Waals surface area contributed by atoms with Crippen molar-refractivity contribution in [2.45, 2.75) is 26.8 Å². The second-order valence-corrected chi connectivity index (χ2v) is 8.62. The number of benzene rings is 3. The van der Waals surface area contributed by atoms with Crippen molar-refractivity contribution in [2.75, 3.05) is 6.54 Å². The summed E-state index contributed by atoms with van der Waals surface area (Å²) in [5.74, 6) is -0.0474. The van der Waals surface area contributed by atoms with Gasteiger partial charge in [0.25, 0.3) is 17.2 Å². The Balaban J connectivity index is 1.89. The van der Waals surface area contributed by atoms with Gasteiger partial charge in [-0.3, -0.25) is 24.3 Å². The molecule has 35 heavy (non-hydrogen) atoms. The summed E-state index contributed by atoms with van der Waals surface area (Å²) < 4.78 is 1.50. The number of nitro benzene ring substituents is 1. The van der Waals surface area contributed by atoms with Crippen LogP contribution in [0.1, 0.15) is 41.6 Å². The van der Waals surface area contributed by atoms with Crippen LogP contribution in [-0.2, 0) is 0 Å². The van der Waals surface area contributed by atoms with Crippen molar-refractivity contribution >= 4 is 34.1 Å². The topological polar surface area (TPSA) is 98.3 Å². The van der Waals surface area contributed by atoms with Crippen LogP contribution in [-0.4, -0.2) is 31.8 Å². The Morgan fingerprint density at radius 3 is 2.51 bits per heavy atom. The molecule has 178 valence electrons. The van der Waals surface area contributed by atoms with Gasteiger partial charge in [0.2, 0.25) is 0 Å². The number of non-ortho nitro benzene ring substituents is 1. The van der Waals surface area contributed by atoms with Gasteiger partial charge in [0.15, 0.2) is 0 Å². The van der Waals surface area contributed by atoms with Gasteiger partial charge in [-0.25, -0.2) is 4.98 Å². The largest absolute Gasteiger partial charge is 0.329 e. The Morgan fingerprint density at radius 1 is 1.14 bits per heavy atom. The van der Waals surface area contributed by atoms with Crippen molar-refractivity contribution in [1.29, 1.82) is 0 Å². The summed E-state index contributed by atoms with van der Waals surface area (Å²) in [5.41, 5.74) is 1.80. The lowest BCUT2D eigenvalue weighted by molar-refractivity contribution is -0.384. The SMILES string of the molecule is CCN(C(=O)c1cccc([N+](=O)[O-])c1)C(C)c1nc2cc(Cl)ccc2c(=O)n1-c1ccc(C)cc1. The van der Waals surface area contributed by atoms with Gasteiger partial charge in [-0.15, -0.1) is 0 Å². The molecule has 4 aromatic rings. The van der Waals surface area contributed by atoms with Gasteiger partial charge in [-0.2, -0.15) is 0 Å². The normalized spacial score (nSPS) is 11.9. The number of carbonyl (C=O) groups excluding carboxylic acids is 1. The number of fused-ring (bicyclic) bond motifs is 1. The third-order valence-electron chi connectivity index (χ3n) is 5.90. The van der Waals surface area contributed by atoms with Gasteiger partial charge in [0, 0.05) is 29.3 Å². The highest BCUT2D eigenvalue weighted by Crippen LogP contribution is 2.26. The maximum Gasteiger partial charge on any atom is 0.270 e. The summed E-state index contributed by atoms with van der Waals surface area (Å²) >= 11 is 6.17. The van der Waals surface area contributed by atoms with Gasteiger partial charge in [-0.1, -0.05) is 35.4 Å². The Kier molecular flexibility index (Phi) is 6.66. The van der Waals surface area contributed by atoms with E-state index < -0.39 is 16.9 Å². The maximum absolute atomic E-state index is 13.6. The molecule has 1 atom stereocenters. The zero-order chi connectivity index (χ0) is 25.3. The number of rotatable bonds is 6. The molecule has 8 nitrogen and oxygen atoms in total. The molecule has 1 unspecified atom stereocenters. The van der Waals surface area contributed by atoms with E-state index in [0.29, 0.717) is 34.0 Å². The molecule has 0 aliphatic heterocycles. The van der Waals surface area contributed by atoms with Gasteiger partial charge < -0.3 is 4.90 Å². The summed E-state index contributed by atoms with van der Waals surface area (Å²) in [6.45, 7) is 5.83. The quantitative estimate of drug-likeness (QED) is 0.263. The van der Waals surface area contributed by atoms with Crippen LogP contribution in [0.4, 0.5) is 5.69 Å². The van der Waals surface area contributed by atoms with E-state index in [1.165, 1.54) is 33.7 Å². The number of amides is 1. The van der Waals surface area contributed by atoms with Crippen molar-refractivity contribution in [3.05, 3.63) is 109 Å². The van der Waals surface area contributed by atoms with Crippen LogP contribution >= 0.6 is 11.6 Å². The average molecular weight is 491 g/mol. The van der Waals surface area contributed by atoms with E-state index in [2.05, 4.69) is 0 Å². The predicted molar refractivity (Wildman–Crippen MR) is 135 cm³/mol. The Hall–Kier alpha value is -4.04. The number of halogens is 1. The number of hydrogen-bond acceptors (Lipinski definition) is 5. The first kappa shape index (κ1) is 24.1. The molecule has 1 aromatic heterocycles. The van der Waals surface area contributed by atoms with Crippen LogP contribution in [0.5, 0.6) is 0 Å². The fourth-order valence-corrected chi connectivity index (χ4v) is 4.22. The van der Waals surface area contributed by atoms with Crippen LogP contribution in [0.25, 0.3) is 16.6 Å². The van der Waals surface area contributed by atoms with Crippen LogP contribution in [0.2, 0.25) is 5.02 Å². The van der Waals surface area contributed by atoms with Gasteiger partial charge >= 0.3 is 0 Å². The molecular weight excluding hydrogens is 468 g/mol.